The van der Waals surface area contributed by atoms with Crippen molar-refractivity contribution in [3.63, 3.8) is 0 Å². The van der Waals surface area contributed by atoms with Crippen LogP contribution in [0.25, 0.3) is 11.0 Å². The highest BCUT2D eigenvalue weighted by Gasteiger charge is 2.24. The van der Waals surface area contributed by atoms with Crippen molar-refractivity contribution in [1.82, 2.24) is 19.8 Å². The van der Waals surface area contributed by atoms with Crippen LogP contribution in [-0.4, -0.2) is 53.8 Å². The fraction of sp³-hybridized carbons (Fsp3) is 0.480. The molecule has 30 heavy (non-hydrogen) atoms. The lowest BCUT2D eigenvalue weighted by molar-refractivity contribution is 0.0802. The summed E-state index contributed by atoms with van der Waals surface area (Å²) in [5.41, 5.74) is 3.66. The molecular weight excluding hydrogens is 372 g/mol. The Morgan fingerprint density at radius 1 is 1.03 bits per heavy atom. The topological polar surface area (TPSA) is 42.3 Å². The minimum Gasteiger partial charge on any atom is -0.375 e. The summed E-state index contributed by atoms with van der Waals surface area (Å²) in [7, 11) is 0. The van der Waals surface area contributed by atoms with Gasteiger partial charge in [0.15, 0.2) is 0 Å². The lowest BCUT2D eigenvalue weighted by Crippen LogP contribution is -2.37. The van der Waals surface area contributed by atoms with Gasteiger partial charge < -0.3 is 19.5 Å². The molecule has 0 aliphatic carbocycles. The van der Waals surface area contributed by atoms with E-state index in [2.05, 4.69) is 70.2 Å². The first-order valence-electron chi connectivity index (χ1n) is 11.4. The van der Waals surface area contributed by atoms with Gasteiger partial charge in [0.1, 0.15) is 5.82 Å². The molecule has 1 N–H and O–H groups in total. The molecule has 0 unspecified atom stereocenters. The van der Waals surface area contributed by atoms with E-state index >= 15 is 0 Å². The van der Waals surface area contributed by atoms with Crippen molar-refractivity contribution in [3.05, 3.63) is 66.0 Å². The number of aromatic nitrogens is 2. The average molecular weight is 407 g/mol. The molecule has 0 saturated carbocycles. The quantitative estimate of drug-likeness (QED) is 0.516. The van der Waals surface area contributed by atoms with Gasteiger partial charge in [0.25, 0.3) is 0 Å². The number of likely N-dealkylation sites (tertiary alicyclic amines) is 1. The third-order valence-electron chi connectivity index (χ3n) is 6.03. The normalized spacial score (nSPS) is 15.8. The predicted octanol–water partition coefficient (Wildman–Crippen LogP) is 4.04. The van der Waals surface area contributed by atoms with Gasteiger partial charge in [0.2, 0.25) is 0 Å². The summed E-state index contributed by atoms with van der Waals surface area (Å²) in [5, 5.41) is 3.44. The molecule has 2 heterocycles. The Bertz CT molecular complexity index is 900. The van der Waals surface area contributed by atoms with E-state index in [1.165, 1.54) is 29.7 Å². The minimum absolute atomic E-state index is 0.538. The summed E-state index contributed by atoms with van der Waals surface area (Å²) in [6.07, 6.45) is 3.33. The largest absolute Gasteiger partial charge is 0.375 e. The average Bonchev–Trinajstić information content (AvgIpc) is 3.16. The summed E-state index contributed by atoms with van der Waals surface area (Å²) in [4.78, 5) is 7.50. The highest BCUT2D eigenvalue weighted by atomic mass is 16.5. The smallest absolute Gasteiger partial charge is 0.111 e. The van der Waals surface area contributed by atoms with Crippen molar-refractivity contribution in [2.75, 3.05) is 39.3 Å². The lowest BCUT2D eigenvalue weighted by Gasteiger charge is -2.33. The van der Waals surface area contributed by atoms with Crippen molar-refractivity contribution >= 4 is 11.0 Å². The molecule has 1 fully saturated rings. The molecule has 3 aromatic rings. The van der Waals surface area contributed by atoms with E-state index in [1.54, 1.807) is 0 Å². The maximum absolute atomic E-state index is 5.89. The van der Waals surface area contributed by atoms with Gasteiger partial charge in [0, 0.05) is 38.6 Å². The van der Waals surface area contributed by atoms with E-state index in [1.807, 2.05) is 6.07 Å². The zero-order valence-electron chi connectivity index (χ0n) is 18.1. The zero-order chi connectivity index (χ0) is 20.6. The van der Waals surface area contributed by atoms with Gasteiger partial charge in [-0.1, -0.05) is 49.4 Å². The number of piperidine rings is 1. The Kier molecular flexibility index (Phi) is 7.51. The summed E-state index contributed by atoms with van der Waals surface area (Å²) >= 11 is 0. The number of ether oxygens (including phenoxy) is 1. The molecule has 5 heteroatoms. The Balaban J connectivity index is 1.31. The Labute approximate surface area is 180 Å². The van der Waals surface area contributed by atoms with Crippen LogP contribution in [0.1, 0.15) is 37.2 Å². The summed E-state index contributed by atoms with van der Waals surface area (Å²) in [6, 6.07) is 19.5. The Hall–Kier alpha value is -2.21. The van der Waals surface area contributed by atoms with Crippen LogP contribution in [0.3, 0.4) is 0 Å². The number of imidazole rings is 1. The van der Waals surface area contributed by atoms with Crippen molar-refractivity contribution in [2.45, 2.75) is 38.8 Å². The first-order chi connectivity index (χ1) is 14.8. The second-order valence-corrected chi connectivity index (χ2v) is 8.10. The van der Waals surface area contributed by atoms with Gasteiger partial charge in [-0.05, 0) is 37.1 Å². The van der Waals surface area contributed by atoms with E-state index in [0.29, 0.717) is 12.6 Å². The molecule has 0 amide bonds. The summed E-state index contributed by atoms with van der Waals surface area (Å²) < 4.78 is 8.41. The molecule has 2 aromatic carbocycles. The molecule has 1 saturated heterocycles. The highest BCUT2D eigenvalue weighted by Crippen LogP contribution is 2.29. The molecule has 1 aliphatic rings. The van der Waals surface area contributed by atoms with Crippen molar-refractivity contribution in [2.24, 2.45) is 0 Å². The number of benzene rings is 2. The maximum atomic E-state index is 5.89. The van der Waals surface area contributed by atoms with Gasteiger partial charge >= 0.3 is 0 Å². The van der Waals surface area contributed by atoms with Crippen LogP contribution in [0.5, 0.6) is 0 Å². The first kappa shape index (κ1) is 21.0. The van der Waals surface area contributed by atoms with Crippen LogP contribution < -0.4 is 5.32 Å². The molecule has 1 aromatic heterocycles. The number of fused-ring (bicyclic) bond motifs is 1. The third kappa shape index (κ3) is 5.28. The number of rotatable bonds is 10. The highest BCUT2D eigenvalue weighted by molar-refractivity contribution is 5.76. The SMILES string of the molecule is CCNCCc1nc2ccccc2n1C1CCN(CCOCc2ccccc2)CC1. The fourth-order valence-corrected chi connectivity index (χ4v) is 4.41. The van der Waals surface area contributed by atoms with E-state index in [0.717, 1.165) is 51.3 Å². The molecule has 1 aliphatic heterocycles. The second kappa shape index (κ2) is 10.7. The lowest BCUT2D eigenvalue weighted by atomic mass is 10.0. The van der Waals surface area contributed by atoms with Crippen LogP contribution >= 0.6 is 0 Å². The molecule has 0 atom stereocenters. The van der Waals surface area contributed by atoms with Crippen LogP contribution in [0, 0.1) is 0 Å². The molecule has 0 bridgehead atoms. The zero-order valence-corrected chi connectivity index (χ0v) is 18.1. The number of hydrogen-bond acceptors (Lipinski definition) is 4. The summed E-state index contributed by atoms with van der Waals surface area (Å²) in [6.45, 7) is 8.90. The van der Waals surface area contributed by atoms with Crippen LogP contribution in [0.2, 0.25) is 0 Å². The van der Waals surface area contributed by atoms with Crippen LogP contribution in [-0.2, 0) is 17.8 Å². The van der Waals surface area contributed by atoms with Crippen LogP contribution in [0.4, 0.5) is 0 Å². The van der Waals surface area contributed by atoms with Gasteiger partial charge in [-0.3, -0.25) is 0 Å². The monoisotopic (exact) mass is 406 g/mol. The second-order valence-electron chi connectivity index (χ2n) is 8.10. The van der Waals surface area contributed by atoms with Crippen molar-refractivity contribution in [3.8, 4) is 0 Å². The molecule has 0 spiro atoms. The number of likely N-dealkylation sites (N-methyl/N-ethyl adjacent to an activating group) is 1. The van der Waals surface area contributed by atoms with Gasteiger partial charge in [-0.2, -0.15) is 0 Å². The molecule has 4 rings (SSSR count). The van der Waals surface area contributed by atoms with E-state index < -0.39 is 0 Å². The van der Waals surface area contributed by atoms with Crippen LogP contribution in [0.15, 0.2) is 54.6 Å². The van der Waals surface area contributed by atoms with Crippen molar-refractivity contribution < 1.29 is 4.74 Å². The standard InChI is InChI=1S/C25H34N4O/c1-2-26-15-12-25-27-23-10-6-7-11-24(23)29(25)22-13-16-28(17-14-22)18-19-30-20-21-8-4-3-5-9-21/h3-11,22,26H,2,12-20H2,1H3. The fourth-order valence-electron chi connectivity index (χ4n) is 4.41. The minimum atomic E-state index is 0.538. The van der Waals surface area contributed by atoms with E-state index in [-0.39, 0.29) is 0 Å². The molecule has 5 nitrogen and oxygen atoms in total. The number of para-hydroxylation sites is 2. The molecule has 160 valence electrons. The van der Waals surface area contributed by atoms with Gasteiger partial charge in [0.05, 0.1) is 24.2 Å². The Morgan fingerprint density at radius 2 is 1.80 bits per heavy atom. The van der Waals surface area contributed by atoms with Gasteiger partial charge in [-0.25, -0.2) is 4.98 Å². The third-order valence-corrected chi connectivity index (χ3v) is 6.03. The van der Waals surface area contributed by atoms with E-state index in [4.69, 9.17) is 9.72 Å². The first-order valence-corrected chi connectivity index (χ1v) is 11.4. The number of nitrogens with zero attached hydrogens (tertiary/aromatic N) is 3. The molecule has 0 radical (unpaired) electrons. The predicted molar refractivity (Wildman–Crippen MR) is 123 cm³/mol. The molecular formula is C25H34N4O. The summed E-state index contributed by atoms with van der Waals surface area (Å²) in [5.74, 6) is 1.22. The number of nitrogens with one attached hydrogen (secondary N) is 1. The van der Waals surface area contributed by atoms with Gasteiger partial charge in [-0.15, -0.1) is 0 Å². The number of hydrogen-bond donors (Lipinski definition) is 1. The maximum Gasteiger partial charge on any atom is 0.111 e. The van der Waals surface area contributed by atoms with Crippen molar-refractivity contribution in [1.29, 1.82) is 0 Å². The van der Waals surface area contributed by atoms with E-state index in [9.17, 15) is 0 Å². The Morgan fingerprint density at radius 3 is 2.60 bits per heavy atom.